The maximum absolute atomic E-state index is 13.8. The molecule has 5 aromatic rings. The first-order valence-electron chi connectivity index (χ1n) is 13.3. The number of hydrogen-bond donors (Lipinski definition) is 1. The van der Waals surface area contributed by atoms with E-state index in [4.69, 9.17) is 14.7 Å². The van der Waals surface area contributed by atoms with E-state index in [2.05, 4.69) is 20.1 Å². The molecule has 0 radical (unpaired) electrons. The highest BCUT2D eigenvalue weighted by Crippen LogP contribution is 2.35. The first-order valence-corrected chi connectivity index (χ1v) is 14.9. The summed E-state index contributed by atoms with van der Waals surface area (Å²) in [5, 5.41) is 4.82. The quantitative estimate of drug-likeness (QED) is 0.251. The fourth-order valence-corrected chi connectivity index (χ4v) is 6.83. The summed E-state index contributed by atoms with van der Waals surface area (Å²) in [5.74, 6) is -0.209. The molecule has 0 unspecified atom stereocenters. The average molecular weight is 571 g/mol. The van der Waals surface area contributed by atoms with Crippen molar-refractivity contribution in [3.8, 4) is 21.1 Å². The first-order chi connectivity index (χ1) is 19.7. The minimum Gasteiger partial charge on any atom is -0.383 e. The van der Waals surface area contributed by atoms with E-state index in [0.29, 0.717) is 17.9 Å². The monoisotopic (exact) mass is 570 g/mol. The molecule has 6 rings (SSSR count). The summed E-state index contributed by atoms with van der Waals surface area (Å²) in [6, 6.07) is 21.7. The number of nitrogens with zero attached hydrogens (tertiary/aromatic N) is 5. The molecule has 1 amide bonds. The summed E-state index contributed by atoms with van der Waals surface area (Å²) in [6.45, 7) is 6.24. The molecule has 1 aliphatic rings. The Kier molecular flexibility index (Phi) is 8.22. The number of anilines is 1. The lowest BCUT2D eigenvalue weighted by Gasteiger charge is -2.34. The van der Waals surface area contributed by atoms with Gasteiger partial charge >= 0.3 is 0 Å². The van der Waals surface area contributed by atoms with Gasteiger partial charge < -0.3 is 10.1 Å². The summed E-state index contributed by atoms with van der Waals surface area (Å²) in [7, 11) is 1.74. The summed E-state index contributed by atoms with van der Waals surface area (Å²) >= 11 is 3.11. The zero-order valence-electron chi connectivity index (χ0n) is 22.2. The van der Waals surface area contributed by atoms with Crippen LogP contribution in [-0.2, 0) is 11.3 Å². The van der Waals surface area contributed by atoms with Crippen molar-refractivity contribution in [3.63, 3.8) is 0 Å². The number of nitrogens with one attached hydrogen (secondary N) is 1. The fraction of sp³-hybridized carbons (Fsp3) is 0.267. The van der Waals surface area contributed by atoms with Gasteiger partial charge in [-0.3, -0.25) is 14.6 Å². The highest BCUT2D eigenvalue weighted by Gasteiger charge is 2.24. The Labute approximate surface area is 241 Å². The average Bonchev–Trinajstić information content (AvgIpc) is 3.62. The Hall–Kier alpha value is -3.54. The molecule has 0 bridgehead atoms. The molecular formula is C30H30N6O2S2. The van der Waals surface area contributed by atoms with Gasteiger partial charge in [-0.15, -0.1) is 11.3 Å². The molecule has 1 fully saturated rings. The third kappa shape index (κ3) is 5.96. The summed E-state index contributed by atoms with van der Waals surface area (Å²) in [6.07, 6.45) is 1.77. The predicted octanol–water partition coefficient (Wildman–Crippen LogP) is 5.50. The van der Waals surface area contributed by atoms with Gasteiger partial charge in [0.25, 0.3) is 5.91 Å². The lowest BCUT2D eigenvalue weighted by Crippen LogP contribution is -2.46. The van der Waals surface area contributed by atoms with Crippen molar-refractivity contribution < 1.29 is 9.53 Å². The van der Waals surface area contributed by atoms with Crippen molar-refractivity contribution in [1.82, 2.24) is 24.8 Å². The largest absolute Gasteiger partial charge is 0.383 e. The highest BCUT2D eigenvalue weighted by atomic mass is 32.1. The van der Waals surface area contributed by atoms with E-state index in [9.17, 15) is 4.79 Å². The number of pyridine rings is 1. The second-order valence-electron chi connectivity index (χ2n) is 9.61. The number of hydrogen-bond acceptors (Lipinski definition) is 9. The van der Waals surface area contributed by atoms with E-state index in [1.54, 1.807) is 24.6 Å². The van der Waals surface area contributed by atoms with Gasteiger partial charge in [0, 0.05) is 63.7 Å². The number of methoxy groups -OCH3 is 1. The van der Waals surface area contributed by atoms with E-state index < -0.39 is 0 Å². The molecule has 204 valence electrons. The second-order valence-corrected chi connectivity index (χ2v) is 11.7. The number of carbonyl (C=O) groups is 1. The minimum atomic E-state index is -0.209. The van der Waals surface area contributed by atoms with Gasteiger partial charge in [0.05, 0.1) is 17.2 Å². The Morgan fingerprint density at radius 3 is 2.48 bits per heavy atom. The summed E-state index contributed by atoms with van der Waals surface area (Å²) in [5.41, 5.74) is 3.91. The standard InChI is InChI=1S/C30H30N6O2S2/c1-38-19-18-35-14-16-36(17-15-35)20-25-26(34-28(39-25)21-8-3-2-4-9-21)27(37)32-23-11-6-5-10-22(23)29-33-24-12-7-13-31-30(24)40-29/h2-13H,14-20H2,1H3,(H,32,37). The van der Waals surface area contributed by atoms with Gasteiger partial charge in [-0.05, 0) is 24.3 Å². The van der Waals surface area contributed by atoms with Crippen molar-refractivity contribution in [3.05, 3.63) is 83.5 Å². The maximum Gasteiger partial charge on any atom is 0.275 e. The Morgan fingerprint density at radius 1 is 0.900 bits per heavy atom. The van der Waals surface area contributed by atoms with Crippen LogP contribution in [-0.4, -0.2) is 77.1 Å². The maximum atomic E-state index is 13.8. The normalized spacial score (nSPS) is 14.5. The Bertz CT molecular complexity index is 1560. The van der Waals surface area contributed by atoms with Crippen LogP contribution in [0.25, 0.3) is 31.5 Å². The molecule has 0 saturated carbocycles. The highest BCUT2D eigenvalue weighted by molar-refractivity contribution is 7.21. The van der Waals surface area contributed by atoms with Crippen LogP contribution in [0.5, 0.6) is 0 Å². The molecule has 40 heavy (non-hydrogen) atoms. The molecule has 0 aliphatic carbocycles. The summed E-state index contributed by atoms with van der Waals surface area (Å²) < 4.78 is 5.24. The van der Waals surface area contributed by atoms with Crippen molar-refractivity contribution in [2.45, 2.75) is 6.54 Å². The van der Waals surface area contributed by atoms with Crippen LogP contribution in [0.2, 0.25) is 0 Å². The molecule has 0 spiro atoms. The molecule has 0 atom stereocenters. The van der Waals surface area contributed by atoms with Crippen LogP contribution < -0.4 is 5.32 Å². The van der Waals surface area contributed by atoms with E-state index in [1.165, 1.54) is 11.3 Å². The predicted molar refractivity (Wildman–Crippen MR) is 162 cm³/mol. The third-order valence-electron chi connectivity index (χ3n) is 6.95. The number of rotatable bonds is 9. The van der Waals surface area contributed by atoms with Crippen LogP contribution in [0.3, 0.4) is 0 Å². The lowest BCUT2D eigenvalue weighted by molar-refractivity contribution is 0.0933. The topological polar surface area (TPSA) is 83.5 Å². The van der Waals surface area contributed by atoms with E-state index in [0.717, 1.165) is 75.7 Å². The van der Waals surface area contributed by atoms with Crippen LogP contribution in [0.1, 0.15) is 15.4 Å². The van der Waals surface area contributed by atoms with E-state index in [1.807, 2.05) is 66.7 Å². The van der Waals surface area contributed by atoms with Gasteiger partial charge in [-0.1, -0.05) is 53.8 Å². The number of para-hydroxylation sites is 1. The van der Waals surface area contributed by atoms with Crippen LogP contribution >= 0.6 is 22.7 Å². The van der Waals surface area contributed by atoms with Crippen LogP contribution in [0.15, 0.2) is 72.9 Å². The van der Waals surface area contributed by atoms with Gasteiger partial charge in [0.1, 0.15) is 26.1 Å². The Morgan fingerprint density at radius 2 is 1.68 bits per heavy atom. The zero-order valence-corrected chi connectivity index (χ0v) is 23.9. The zero-order chi connectivity index (χ0) is 27.3. The van der Waals surface area contributed by atoms with Crippen molar-refractivity contribution in [1.29, 1.82) is 0 Å². The summed E-state index contributed by atoms with van der Waals surface area (Å²) in [4.78, 5) is 34.5. The number of thiazole rings is 2. The van der Waals surface area contributed by atoms with E-state index >= 15 is 0 Å². The van der Waals surface area contributed by atoms with Gasteiger partial charge in [-0.25, -0.2) is 15.0 Å². The van der Waals surface area contributed by atoms with Crippen LogP contribution in [0.4, 0.5) is 5.69 Å². The smallest absolute Gasteiger partial charge is 0.275 e. The molecule has 1 aliphatic heterocycles. The lowest BCUT2D eigenvalue weighted by atomic mass is 10.1. The van der Waals surface area contributed by atoms with Gasteiger partial charge in [-0.2, -0.15) is 0 Å². The fourth-order valence-electron chi connectivity index (χ4n) is 4.78. The number of aromatic nitrogens is 3. The number of amides is 1. The molecule has 4 heterocycles. The number of benzene rings is 2. The van der Waals surface area contributed by atoms with Crippen molar-refractivity contribution in [2.75, 3.05) is 51.8 Å². The molecule has 2 aromatic carbocycles. The molecule has 8 nitrogen and oxygen atoms in total. The Balaban J connectivity index is 1.26. The third-order valence-corrected chi connectivity index (χ3v) is 9.05. The molecule has 1 N–H and O–H groups in total. The van der Waals surface area contributed by atoms with Crippen molar-refractivity contribution >= 4 is 44.6 Å². The van der Waals surface area contributed by atoms with Crippen LogP contribution in [0, 0.1) is 0 Å². The molecular weight excluding hydrogens is 541 g/mol. The van der Waals surface area contributed by atoms with Gasteiger partial charge in [0.15, 0.2) is 0 Å². The molecule has 10 heteroatoms. The SMILES string of the molecule is COCCN1CCN(Cc2sc(-c3ccccc3)nc2C(=O)Nc2ccccc2-c2nc3cccnc3s2)CC1. The number of ether oxygens (including phenoxy) is 1. The number of fused-ring (bicyclic) bond motifs is 1. The van der Waals surface area contributed by atoms with Gasteiger partial charge in [0.2, 0.25) is 0 Å². The number of carbonyl (C=O) groups excluding carboxylic acids is 1. The molecule has 3 aromatic heterocycles. The number of piperazine rings is 1. The van der Waals surface area contributed by atoms with Crippen molar-refractivity contribution in [2.24, 2.45) is 0 Å². The molecule has 1 saturated heterocycles. The second kappa shape index (κ2) is 12.3. The first kappa shape index (κ1) is 26.7. The minimum absolute atomic E-state index is 0.209. The van der Waals surface area contributed by atoms with E-state index in [-0.39, 0.29) is 5.91 Å².